The lowest BCUT2D eigenvalue weighted by Crippen LogP contribution is -2.47. The number of ether oxygens (including phenoxy) is 1. The van der Waals surface area contributed by atoms with E-state index in [1.165, 1.54) is 24.3 Å². The number of aliphatic carboxylic acids is 1. The minimum atomic E-state index is -1.09. The second kappa shape index (κ2) is 11.8. The molecule has 2 aromatic carbocycles. The maximum Gasteiger partial charge on any atom is 0.341 e. The van der Waals surface area contributed by atoms with Crippen LogP contribution in [-0.2, 0) is 9.32 Å². The number of nitrogens with zero attached hydrogens (tertiary/aromatic N) is 1. The van der Waals surface area contributed by atoms with Crippen LogP contribution in [0.1, 0.15) is 54.0 Å². The number of carbonyl (C=O) groups is 3. The third-order valence-electron chi connectivity index (χ3n) is 4.75. The Kier molecular flexibility index (Phi) is 9.32. The molecule has 0 saturated heterocycles. The minimum Gasteiger partial charge on any atom is -0.482 e. The quantitative estimate of drug-likeness (QED) is 0.150. The van der Waals surface area contributed by atoms with Crippen molar-refractivity contribution in [1.82, 2.24) is 10.4 Å². The number of hydrogen-bond acceptors (Lipinski definition) is 6. The molecular weight excluding hydrogens is 466 g/mol. The van der Waals surface area contributed by atoms with Gasteiger partial charge in [-0.05, 0) is 77.2 Å². The van der Waals surface area contributed by atoms with Crippen molar-refractivity contribution in [2.75, 3.05) is 6.61 Å². The molecule has 1 atom stereocenters. The molecule has 0 bridgehead atoms. The van der Waals surface area contributed by atoms with Gasteiger partial charge in [0.2, 0.25) is 9.04 Å². The number of nitrogens with one attached hydrogen (secondary N) is 2. The van der Waals surface area contributed by atoms with Crippen molar-refractivity contribution >= 4 is 32.5 Å². The highest BCUT2D eigenvalue weighted by Crippen LogP contribution is 2.19. The van der Waals surface area contributed by atoms with E-state index in [2.05, 4.69) is 5.32 Å². The number of benzene rings is 2. The molecule has 0 aliphatic heterocycles. The Morgan fingerprint density at radius 3 is 2.00 bits per heavy atom. The Hall–Kier alpha value is -3.50. The van der Waals surface area contributed by atoms with E-state index in [0.717, 1.165) is 0 Å². The standard InChI is InChI=1S/C25H32N3O6Si/c1-16(22(31)17-11-13-20(14-12-17)33-15-21(29)30)27-24(32)19-9-7-18(8-10-19)23(26)28(25(2,3)4)34-35(5)6/h7-14,16,26H,15H2,1-6H3,(H,27,32)(H,29,30). The van der Waals surface area contributed by atoms with Crippen LogP contribution in [0, 0.1) is 5.41 Å². The molecule has 9 nitrogen and oxygen atoms in total. The number of hydroxylamine groups is 2. The third kappa shape index (κ3) is 8.04. The smallest absolute Gasteiger partial charge is 0.341 e. The third-order valence-corrected chi connectivity index (χ3v) is 5.30. The van der Waals surface area contributed by atoms with E-state index in [4.69, 9.17) is 19.8 Å². The molecule has 0 aromatic heterocycles. The van der Waals surface area contributed by atoms with Gasteiger partial charge in [-0.15, -0.1) is 0 Å². The Morgan fingerprint density at radius 1 is 1.00 bits per heavy atom. The minimum absolute atomic E-state index is 0.204. The summed E-state index contributed by atoms with van der Waals surface area (Å²) >= 11 is 0. The highest BCUT2D eigenvalue weighted by molar-refractivity contribution is 6.48. The molecule has 1 unspecified atom stereocenters. The van der Waals surface area contributed by atoms with E-state index in [-0.39, 0.29) is 11.6 Å². The van der Waals surface area contributed by atoms with Crippen molar-refractivity contribution in [3.63, 3.8) is 0 Å². The monoisotopic (exact) mass is 498 g/mol. The first kappa shape index (κ1) is 27.7. The zero-order valence-electron chi connectivity index (χ0n) is 20.8. The normalized spacial score (nSPS) is 12.1. The van der Waals surface area contributed by atoms with Gasteiger partial charge in [0.25, 0.3) is 5.91 Å². The topological polar surface area (TPSA) is 129 Å². The van der Waals surface area contributed by atoms with Gasteiger partial charge in [-0.1, -0.05) is 12.1 Å². The van der Waals surface area contributed by atoms with Crippen molar-refractivity contribution in [3.8, 4) is 5.75 Å². The zero-order valence-corrected chi connectivity index (χ0v) is 21.8. The van der Waals surface area contributed by atoms with Crippen molar-refractivity contribution in [2.45, 2.75) is 52.4 Å². The fourth-order valence-corrected chi connectivity index (χ4v) is 3.78. The van der Waals surface area contributed by atoms with E-state index in [1.54, 1.807) is 36.3 Å². The molecule has 35 heavy (non-hydrogen) atoms. The number of amidine groups is 1. The molecule has 2 aromatic rings. The Bertz CT molecular complexity index is 1060. The van der Waals surface area contributed by atoms with Crippen LogP contribution in [0.5, 0.6) is 5.75 Å². The lowest BCUT2D eigenvalue weighted by molar-refractivity contribution is -0.139. The summed E-state index contributed by atoms with van der Waals surface area (Å²) in [7, 11) is -1.08. The summed E-state index contributed by atoms with van der Waals surface area (Å²) in [5.74, 6) is -1.27. The number of carbonyl (C=O) groups excluding carboxylic acids is 2. The largest absolute Gasteiger partial charge is 0.482 e. The summed E-state index contributed by atoms with van der Waals surface area (Å²) in [4.78, 5) is 36.0. The van der Waals surface area contributed by atoms with Gasteiger partial charge in [-0.2, -0.15) is 0 Å². The summed E-state index contributed by atoms with van der Waals surface area (Å²) in [5, 5.41) is 21.5. The second-order valence-corrected chi connectivity index (χ2v) is 11.2. The highest BCUT2D eigenvalue weighted by atomic mass is 28.3. The summed E-state index contributed by atoms with van der Waals surface area (Å²) in [6, 6.07) is 11.8. The van der Waals surface area contributed by atoms with Crippen LogP contribution in [0.4, 0.5) is 0 Å². The van der Waals surface area contributed by atoms with Crippen LogP contribution in [0.3, 0.4) is 0 Å². The van der Waals surface area contributed by atoms with E-state index in [9.17, 15) is 14.4 Å². The molecule has 1 radical (unpaired) electrons. The van der Waals surface area contributed by atoms with Gasteiger partial charge in [0.15, 0.2) is 18.2 Å². The van der Waals surface area contributed by atoms with Crippen LogP contribution >= 0.6 is 0 Å². The summed E-state index contributed by atoms with van der Waals surface area (Å²) < 4.78 is 11.0. The van der Waals surface area contributed by atoms with Gasteiger partial charge in [0.1, 0.15) is 5.75 Å². The Morgan fingerprint density at radius 2 is 1.51 bits per heavy atom. The SMILES string of the molecule is CC(NC(=O)c1ccc(C(=N)N(O[Si](C)C)C(C)(C)C)cc1)C(=O)c1ccc(OCC(=O)O)cc1. The predicted molar refractivity (Wildman–Crippen MR) is 134 cm³/mol. The van der Waals surface area contributed by atoms with Crippen LogP contribution in [0.2, 0.25) is 13.1 Å². The lowest BCUT2D eigenvalue weighted by atomic mass is 10.0. The van der Waals surface area contributed by atoms with Gasteiger partial charge < -0.3 is 19.7 Å². The Balaban J connectivity index is 2.04. The van der Waals surface area contributed by atoms with Gasteiger partial charge in [-0.25, -0.2) is 9.86 Å². The predicted octanol–water partition coefficient (Wildman–Crippen LogP) is 3.76. The maximum atomic E-state index is 12.7. The number of amides is 1. The van der Waals surface area contributed by atoms with Crippen LogP contribution in [-0.4, -0.2) is 60.9 Å². The molecule has 2 rings (SSSR count). The number of hydrogen-bond donors (Lipinski definition) is 3. The molecule has 0 aliphatic carbocycles. The summed E-state index contributed by atoms with van der Waals surface area (Å²) in [5.41, 5.74) is 0.914. The number of rotatable bonds is 10. The lowest BCUT2D eigenvalue weighted by Gasteiger charge is -2.37. The summed E-state index contributed by atoms with van der Waals surface area (Å²) in [6.07, 6.45) is 0. The van der Waals surface area contributed by atoms with Gasteiger partial charge in [0, 0.05) is 16.7 Å². The van der Waals surface area contributed by atoms with E-state index in [0.29, 0.717) is 22.4 Å². The first-order valence-electron chi connectivity index (χ1n) is 11.1. The molecule has 10 heteroatoms. The molecular formula is C25H32N3O6Si. The van der Waals surface area contributed by atoms with E-state index in [1.807, 2.05) is 33.9 Å². The van der Waals surface area contributed by atoms with E-state index >= 15 is 0 Å². The number of carboxylic acids is 1. The van der Waals surface area contributed by atoms with Gasteiger partial charge in [-0.3, -0.25) is 15.0 Å². The molecule has 3 N–H and O–H groups in total. The molecule has 0 saturated carbocycles. The average molecular weight is 499 g/mol. The zero-order chi connectivity index (χ0) is 26.3. The molecule has 187 valence electrons. The number of ketones is 1. The van der Waals surface area contributed by atoms with Gasteiger partial charge >= 0.3 is 5.97 Å². The van der Waals surface area contributed by atoms with Gasteiger partial charge in [0.05, 0.1) is 11.6 Å². The molecule has 0 aliphatic rings. The highest BCUT2D eigenvalue weighted by Gasteiger charge is 2.27. The number of carboxylic acid groups (broad SMARTS) is 1. The van der Waals surface area contributed by atoms with Crippen LogP contribution < -0.4 is 10.1 Å². The van der Waals surface area contributed by atoms with Crippen LogP contribution in [0.15, 0.2) is 48.5 Å². The fourth-order valence-electron chi connectivity index (χ4n) is 3.05. The van der Waals surface area contributed by atoms with Crippen molar-refractivity contribution in [3.05, 3.63) is 65.2 Å². The van der Waals surface area contributed by atoms with Crippen LogP contribution in [0.25, 0.3) is 0 Å². The second-order valence-electron chi connectivity index (χ2n) is 9.16. The van der Waals surface area contributed by atoms with Crippen molar-refractivity contribution < 1.29 is 28.8 Å². The van der Waals surface area contributed by atoms with Crippen molar-refractivity contribution in [2.24, 2.45) is 0 Å². The Labute approximate surface area is 207 Å². The summed E-state index contributed by atoms with van der Waals surface area (Å²) in [6.45, 7) is 11.0. The number of Topliss-reactive ketones (excluding diaryl/α,β-unsaturated/α-hetero) is 1. The average Bonchev–Trinajstić information content (AvgIpc) is 2.79. The first-order valence-corrected chi connectivity index (χ1v) is 13.5. The molecule has 0 heterocycles. The molecule has 1 amide bonds. The first-order chi connectivity index (χ1) is 16.3. The maximum absolute atomic E-state index is 12.7. The van der Waals surface area contributed by atoms with Crippen molar-refractivity contribution in [1.29, 1.82) is 5.41 Å². The molecule has 0 spiro atoms. The molecule has 0 fully saturated rings. The fraction of sp³-hybridized carbons (Fsp3) is 0.360. The van der Waals surface area contributed by atoms with E-state index < -0.39 is 39.1 Å².